The fourth-order valence-corrected chi connectivity index (χ4v) is 4.17. The molecule has 1 N–H and O–H groups in total. The van der Waals surface area contributed by atoms with Gasteiger partial charge in [0.25, 0.3) is 11.4 Å². The molecular formula is C24H25N5O9. The van der Waals surface area contributed by atoms with Crippen LogP contribution in [0, 0.1) is 20.2 Å². The average Bonchev–Trinajstić information content (AvgIpc) is 3.38. The zero-order chi connectivity index (χ0) is 27.2. The number of non-ortho nitro benzene ring substituents is 2. The molecule has 3 amide bonds. The van der Waals surface area contributed by atoms with Crippen molar-refractivity contribution in [3.05, 3.63) is 79.9 Å². The normalized spacial score (nSPS) is 16.9. The van der Waals surface area contributed by atoms with Crippen LogP contribution in [0.3, 0.4) is 0 Å². The van der Waals surface area contributed by atoms with Crippen molar-refractivity contribution in [3.63, 3.8) is 0 Å². The summed E-state index contributed by atoms with van der Waals surface area (Å²) in [6.07, 6.45) is -0.0972. The highest BCUT2D eigenvalue weighted by atomic mass is 16.6. The van der Waals surface area contributed by atoms with E-state index >= 15 is 0 Å². The van der Waals surface area contributed by atoms with Crippen LogP contribution in [-0.4, -0.2) is 69.5 Å². The van der Waals surface area contributed by atoms with Crippen LogP contribution >= 0.6 is 0 Å². The molecule has 2 aliphatic heterocycles. The number of amides is 3. The molecule has 2 heterocycles. The van der Waals surface area contributed by atoms with Gasteiger partial charge >= 0.3 is 12.2 Å². The fourth-order valence-electron chi connectivity index (χ4n) is 4.17. The summed E-state index contributed by atoms with van der Waals surface area (Å²) < 4.78 is 10.5. The topological polar surface area (TPSA) is 174 Å². The van der Waals surface area contributed by atoms with E-state index in [2.05, 4.69) is 5.32 Å². The van der Waals surface area contributed by atoms with E-state index in [0.29, 0.717) is 30.5 Å². The third-order valence-electron chi connectivity index (χ3n) is 6.30. The Kier molecular flexibility index (Phi) is 7.99. The minimum absolute atomic E-state index is 0.0383. The first-order chi connectivity index (χ1) is 18.2. The molecule has 2 aromatic rings. The third kappa shape index (κ3) is 6.32. The van der Waals surface area contributed by atoms with Crippen molar-refractivity contribution in [1.82, 2.24) is 15.1 Å². The Balaban J connectivity index is 1.18. The molecule has 0 saturated carbocycles. The maximum Gasteiger partial charge on any atom is 0.410 e. The Morgan fingerprint density at radius 1 is 0.842 bits per heavy atom. The molecule has 1 atom stereocenters. The fraction of sp³-hybridized carbons (Fsp3) is 0.375. The molecule has 0 aromatic heterocycles. The van der Waals surface area contributed by atoms with Gasteiger partial charge in [-0.05, 0) is 48.2 Å². The maximum atomic E-state index is 12.8. The number of nitrogens with zero attached hydrogens (tertiary/aromatic N) is 4. The number of nitro benzene ring substituents is 2. The molecule has 38 heavy (non-hydrogen) atoms. The first kappa shape index (κ1) is 26.3. The minimum atomic E-state index is -0.692. The van der Waals surface area contributed by atoms with Gasteiger partial charge in [-0.2, -0.15) is 0 Å². The Morgan fingerprint density at radius 3 is 1.84 bits per heavy atom. The van der Waals surface area contributed by atoms with Gasteiger partial charge in [-0.1, -0.05) is 0 Å². The van der Waals surface area contributed by atoms with Gasteiger partial charge in [-0.25, -0.2) is 9.59 Å². The third-order valence-corrected chi connectivity index (χ3v) is 6.30. The van der Waals surface area contributed by atoms with Gasteiger partial charge in [0.15, 0.2) is 0 Å². The molecule has 2 saturated heterocycles. The number of benzene rings is 2. The predicted molar refractivity (Wildman–Crippen MR) is 130 cm³/mol. The van der Waals surface area contributed by atoms with Crippen molar-refractivity contribution in [1.29, 1.82) is 0 Å². The van der Waals surface area contributed by atoms with E-state index in [1.54, 1.807) is 0 Å². The molecule has 14 heteroatoms. The Hall–Kier alpha value is -4.75. The summed E-state index contributed by atoms with van der Waals surface area (Å²) in [5.41, 5.74) is 1.07. The predicted octanol–water partition coefficient (Wildman–Crippen LogP) is 2.74. The van der Waals surface area contributed by atoms with E-state index in [9.17, 15) is 34.6 Å². The number of carbonyl (C=O) groups is 3. The summed E-state index contributed by atoms with van der Waals surface area (Å²) in [5, 5.41) is 24.3. The molecule has 14 nitrogen and oxygen atoms in total. The highest BCUT2D eigenvalue weighted by molar-refractivity contribution is 5.86. The molecular weight excluding hydrogens is 502 g/mol. The van der Waals surface area contributed by atoms with Crippen LogP contribution in [0.2, 0.25) is 0 Å². The highest BCUT2D eigenvalue weighted by Gasteiger charge is 2.39. The lowest BCUT2D eigenvalue weighted by Gasteiger charge is -2.39. The van der Waals surface area contributed by atoms with E-state index in [1.165, 1.54) is 58.3 Å². The Bertz CT molecular complexity index is 1210. The van der Waals surface area contributed by atoms with Crippen LogP contribution in [0.25, 0.3) is 0 Å². The SMILES string of the molecule is O=C(NC1CN(C(=O)OCc2ccc([N+](=O)[O-])cc2)C1)C1CCCN1C(=O)OCc1ccc([N+](=O)[O-])cc1. The van der Waals surface area contributed by atoms with E-state index < -0.39 is 28.1 Å². The molecule has 1 unspecified atom stereocenters. The highest BCUT2D eigenvalue weighted by Crippen LogP contribution is 2.21. The minimum Gasteiger partial charge on any atom is -0.445 e. The van der Waals surface area contributed by atoms with Gasteiger partial charge < -0.3 is 19.7 Å². The number of carbonyl (C=O) groups excluding carboxylic acids is 3. The molecule has 0 bridgehead atoms. The van der Waals surface area contributed by atoms with Gasteiger partial charge in [0, 0.05) is 43.9 Å². The number of hydrogen-bond donors (Lipinski definition) is 1. The number of hydrogen-bond acceptors (Lipinski definition) is 9. The zero-order valence-corrected chi connectivity index (χ0v) is 20.2. The van der Waals surface area contributed by atoms with Crippen molar-refractivity contribution < 1.29 is 33.7 Å². The monoisotopic (exact) mass is 527 g/mol. The van der Waals surface area contributed by atoms with Crippen molar-refractivity contribution >= 4 is 29.5 Å². The van der Waals surface area contributed by atoms with E-state index in [-0.39, 0.29) is 49.6 Å². The number of nitro groups is 2. The summed E-state index contributed by atoms with van der Waals surface area (Å²) in [6, 6.07) is 10.3. The lowest BCUT2D eigenvalue weighted by atomic mass is 10.1. The first-order valence-electron chi connectivity index (χ1n) is 11.8. The van der Waals surface area contributed by atoms with Crippen molar-refractivity contribution in [2.45, 2.75) is 38.1 Å². The number of ether oxygens (including phenoxy) is 2. The van der Waals surface area contributed by atoms with Gasteiger partial charge in [0.1, 0.15) is 19.3 Å². The second-order valence-corrected chi connectivity index (χ2v) is 8.92. The first-order valence-corrected chi connectivity index (χ1v) is 11.8. The lowest BCUT2D eigenvalue weighted by molar-refractivity contribution is -0.385. The van der Waals surface area contributed by atoms with Crippen LogP contribution in [-0.2, 0) is 27.5 Å². The van der Waals surface area contributed by atoms with Gasteiger partial charge in [-0.3, -0.25) is 29.9 Å². The molecule has 2 fully saturated rings. The molecule has 4 rings (SSSR count). The standard InChI is InChI=1S/C24H25N5O9/c30-22(21-2-1-11-27(21)24(32)38-15-17-5-9-20(10-6-17)29(35)36)25-18-12-26(13-18)23(31)37-14-16-3-7-19(8-4-16)28(33)34/h3-10,18,21H,1-2,11-15H2,(H,25,30). The molecule has 2 aromatic carbocycles. The Labute approximate surface area is 216 Å². The van der Waals surface area contributed by atoms with Crippen LogP contribution in [0.15, 0.2) is 48.5 Å². The van der Waals surface area contributed by atoms with E-state index in [0.717, 1.165) is 0 Å². The van der Waals surface area contributed by atoms with E-state index in [4.69, 9.17) is 9.47 Å². The summed E-state index contributed by atoms with van der Waals surface area (Å²) in [7, 11) is 0. The maximum absolute atomic E-state index is 12.8. The van der Waals surface area contributed by atoms with Crippen molar-refractivity contribution in [2.24, 2.45) is 0 Å². The van der Waals surface area contributed by atoms with Crippen molar-refractivity contribution in [2.75, 3.05) is 19.6 Å². The second-order valence-electron chi connectivity index (χ2n) is 8.92. The number of likely N-dealkylation sites (tertiary alicyclic amines) is 2. The smallest absolute Gasteiger partial charge is 0.410 e. The summed E-state index contributed by atoms with van der Waals surface area (Å²) in [6.45, 7) is 0.748. The molecule has 2 aliphatic rings. The van der Waals surface area contributed by atoms with Crippen molar-refractivity contribution in [3.8, 4) is 0 Å². The number of nitrogens with one attached hydrogen (secondary N) is 1. The molecule has 0 spiro atoms. The Morgan fingerprint density at radius 2 is 1.34 bits per heavy atom. The second kappa shape index (κ2) is 11.5. The van der Waals surface area contributed by atoms with Crippen LogP contribution < -0.4 is 5.32 Å². The molecule has 0 radical (unpaired) electrons. The van der Waals surface area contributed by atoms with Gasteiger partial charge in [0.2, 0.25) is 5.91 Å². The summed E-state index contributed by atoms with van der Waals surface area (Å²) >= 11 is 0. The molecule has 200 valence electrons. The van der Waals surface area contributed by atoms with Gasteiger partial charge in [-0.15, -0.1) is 0 Å². The lowest BCUT2D eigenvalue weighted by Crippen LogP contribution is -2.63. The largest absolute Gasteiger partial charge is 0.445 e. The average molecular weight is 527 g/mol. The zero-order valence-electron chi connectivity index (χ0n) is 20.2. The van der Waals surface area contributed by atoms with Gasteiger partial charge in [0.05, 0.1) is 15.9 Å². The van der Waals surface area contributed by atoms with Crippen LogP contribution in [0.4, 0.5) is 21.0 Å². The summed E-state index contributed by atoms with van der Waals surface area (Å²) in [5.74, 6) is -0.335. The van der Waals surface area contributed by atoms with E-state index in [1.807, 2.05) is 0 Å². The molecule has 0 aliphatic carbocycles. The van der Waals surface area contributed by atoms with Crippen LogP contribution in [0.1, 0.15) is 24.0 Å². The summed E-state index contributed by atoms with van der Waals surface area (Å²) in [4.78, 5) is 60.8. The quantitative estimate of drug-likeness (QED) is 0.400. The number of rotatable bonds is 8. The van der Waals surface area contributed by atoms with Crippen LogP contribution in [0.5, 0.6) is 0 Å².